The van der Waals surface area contributed by atoms with E-state index < -0.39 is 10.0 Å². The summed E-state index contributed by atoms with van der Waals surface area (Å²) in [5, 5.41) is 3.31. The summed E-state index contributed by atoms with van der Waals surface area (Å²) in [4.78, 5) is 0.362. The van der Waals surface area contributed by atoms with Gasteiger partial charge >= 0.3 is 0 Å². The van der Waals surface area contributed by atoms with Gasteiger partial charge < -0.3 is 10.1 Å². The van der Waals surface area contributed by atoms with Gasteiger partial charge in [-0.3, -0.25) is 0 Å². The lowest BCUT2D eigenvalue weighted by molar-refractivity contribution is 0.348. The number of sulfonamides is 1. The van der Waals surface area contributed by atoms with Crippen LogP contribution in [0.1, 0.15) is 30.9 Å². The fourth-order valence-corrected chi connectivity index (χ4v) is 4.72. The molecule has 1 heterocycles. The van der Waals surface area contributed by atoms with E-state index in [9.17, 15) is 8.42 Å². The van der Waals surface area contributed by atoms with Crippen molar-refractivity contribution in [2.75, 3.05) is 13.7 Å². The Morgan fingerprint density at radius 3 is 2.43 bits per heavy atom. The highest BCUT2D eigenvalue weighted by atomic mass is 32.2. The van der Waals surface area contributed by atoms with Crippen molar-refractivity contribution in [1.29, 1.82) is 0 Å². The average molecular weight is 312 g/mol. The van der Waals surface area contributed by atoms with Gasteiger partial charge in [-0.25, -0.2) is 13.1 Å². The molecule has 118 valence electrons. The summed E-state index contributed by atoms with van der Waals surface area (Å²) in [6.45, 7) is 6.55. The van der Waals surface area contributed by atoms with E-state index in [1.165, 1.54) is 0 Å². The Morgan fingerprint density at radius 1 is 1.29 bits per heavy atom. The normalized spacial score (nSPS) is 23.0. The minimum Gasteiger partial charge on any atom is -0.497 e. The monoisotopic (exact) mass is 312 g/mol. The molecule has 2 N–H and O–H groups in total. The van der Waals surface area contributed by atoms with Crippen LogP contribution in [0.5, 0.6) is 5.75 Å². The van der Waals surface area contributed by atoms with Crippen molar-refractivity contribution in [2.45, 2.75) is 50.6 Å². The second kappa shape index (κ2) is 6.34. The highest BCUT2D eigenvalue weighted by Gasteiger charge is 2.28. The van der Waals surface area contributed by atoms with Gasteiger partial charge in [-0.2, -0.15) is 0 Å². The fourth-order valence-electron chi connectivity index (χ4n) is 2.92. The zero-order valence-corrected chi connectivity index (χ0v) is 13.9. The topological polar surface area (TPSA) is 67.4 Å². The van der Waals surface area contributed by atoms with E-state index in [-0.39, 0.29) is 12.1 Å². The predicted molar refractivity (Wildman–Crippen MR) is 83.3 cm³/mol. The molecular formula is C15H24N2O3S. The summed E-state index contributed by atoms with van der Waals surface area (Å²) < 4.78 is 33.4. The van der Waals surface area contributed by atoms with E-state index in [4.69, 9.17) is 4.74 Å². The summed E-state index contributed by atoms with van der Waals surface area (Å²) in [6, 6.07) is 3.59. The van der Waals surface area contributed by atoms with Crippen LogP contribution in [0.15, 0.2) is 17.0 Å². The molecule has 1 fully saturated rings. The smallest absolute Gasteiger partial charge is 0.241 e. The lowest BCUT2D eigenvalue weighted by Gasteiger charge is -2.30. The summed E-state index contributed by atoms with van der Waals surface area (Å²) in [6.07, 6.45) is 1.85. The van der Waals surface area contributed by atoms with Crippen LogP contribution in [-0.2, 0) is 10.0 Å². The molecule has 1 saturated heterocycles. The van der Waals surface area contributed by atoms with Crippen LogP contribution in [0.2, 0.25) is 0 Å². The predicted octanol–water partition coefficient (Wildman–Crippen LogP) is 1.73. The molecule has 0 bridgehead atoms. The second-order valence-electron chi connectivity index (χ2n) is 5.70. The SMILES string of the molecule is COc1cc(C)c(S(=O)(=O)NC2CCCNC2C)c(C)c1. The first-order chi connectivity index (χ1) is 9.85. The molecule has 0 spiro atoms. The van der Waals surface area contributed by atoms with E-state index in [0.717, 1.165) is 19.4 Å². The molecule has 0 amide bonds. The summed E-state index contributed by atoms with van der Waals surface area (Å²) in [5.41, 5.74) is 1.41. The van der Waals surface area contributed by atoms with Gasteiger partial charge in [0.05, 0.1) is 12.0 Å². The van der Waals surface area contributed by atoms with Crippen molar-refractivity contribution in [1.82, 2.24) is 10.0 Å². The number of piperidine rings is 1. The highest BCUT2D eigenvalue weighted by Crippen LogP contribution is 2.26. The standard InChI is InChI=1S/C15H24N2O3S/c1-10-8-13(20-4)9-11(2)15(10)21(18,19)17-14-6-5-7-16-12(14)3/h8-9,12,14,16-17H,5-7H2,1-4H3. The first kappa shape index (κ1) is 16.3. The number of hydrogen-bond donors (Lipinski definition) is 2. The molecule has 0 radical (unpaired) electrons. The second-order valence-corrected chi connectivity index (χ2v) is 7.35. The number of hydrogen-bond acceptors (Lipinski definition) is 4. The molecule has 1 aromatic carbocycles. The maximum absolute atomic E-state index is 12.7. The first-order valence-corrected chi connectivity index (χ1v) is 8.74. The Morgan fingerprint density at radius 2 is 1.90 bits per heavy atom. The molecule has 21 heavy (non-hydrogen) atoms. The maximum atomic E-state index is 12.7. The zero-order chi connectivity index (χ0) is 15.6. The third-order valence-corrected chi connectivity index (χ3v) is 5.80. The molecule has 0 saturated carbocycles. The highest BCUT2D eigenvalue weighted by molar-refractivity contribution is 7.89. The number of benzene rings is 1. The van der Waals surface area contributed by atoms with Crippen molar-refractivity contribution in [3.05, 3.63) is 23.3 Å². The molecule has 5 nitrogen and oxygen atoms in total. The van der Waals surface area contributed by atoms with Gasteiger partial charge in [0, 0.05) is 12.1 Å². The van der Waals surface area contributed by atoms with Gasteiger partial charge in [0.25, 0.3) is 0 Å². The number of aryl methyl sites for hydroxylation is 2. The van der Waals surface area contributed by atoms with Crippen LogP contribution in [0.25, 0.3) is 0 Å². The molecule has 1 aromatic rings. The van der Waals surface area contributed by atoms with Crippen molar-refractivity contribution >= 4 is 10.0 Å². The Bertz CT molecular complexity index is 590. The van der Waals surface area contributed by atoms with Crippen LogP contribution < -0.4 is 14.8 Å². The van der Waals surface area contributed by atoms with Crippen molar-refractivity contribution in [3.8, 4) is 5.75 Å². The number of nitrogens with one attached hydrogen (secondary N) is 2. The van der Waals surface area contributed by atoms with E-state index in [0.29, 0.717) is 21.8 Å². The number of rotatable bonds is 4. The zero-order valence-electron chi connectivity index (χ0n) is 13.1. The minimum atomic E-state index is -3.52. The van der Waals surface area contributed by atoms with Gasteiger partial charge in [0.1, 0.15) is 5.75 Å². The third kappa shape index (κ3) is 3.56. The molecule has 6 heteroatoms. The Kier molecular flexibility index (Phi) is 4.91. The van der Waals surface area contributed by atoms with Crippen molar-refractivity contribution in [3.63, 3.8) is 0 Å². The van der Waals surface area contributed by atoms with Gasteiger partial charge in [0.15, 0.2) is 0 Å². The largest absolute Gasteiger partial charge is 0.497 e. The Hall–Kier alpha value is -1.11. The number of ether oxygens (including phenoxy) is 1. The van der Waals surface area contributed by atoms with Crippen LogP contribution in [0, 0.1) is 13.8 Å². The quantitative estimate of drug-likeness (QED) is 0.888. The molecule has 1 aliphatic rings. The fraction of sp³-hybridized carbons (Fsp3) is 0.600. The molecule has 1 aliphatic heterocycles. The summed E-state index contributed by atoms with van der Waals surface area (Å²) in [5.74, 6) is 0.677. The van der Waals surface area contributed by atoms with Crippen LogP contribution in [0.3, 0.4) is 0 Å². The summed E-state index contributed by atoms with van der Waals surface area (Å²) >= 11 is 0. The Balaban J connectivity index is 2.31. The maximum Gasteiger partial charge on any atom is 0.241 e. The molecule has 2 atom stereocenters. The van der Waals surface area contributed by atoms with Crippen molar-refractivity contribution < 1.29 is 13.2 Å². The van der Waals surface area contributed by atoms with Gasteiger partial charge in [-0.1, -0.05) is 0 Å². The summed E-state index contributed by atoms with van der Waals surface area (Å²) in [7, 11) is -1.95. The van der Waals surface area contributed by atoms with E-state index in [2.05, 4.69) is 10.0 Å². The average Bonchev–Trinajstić information content (AvgIpc) is 2.40. The van der Waals surface area contributed by atoms with E-state index in [1.807, 2.05) is 6.92 Å². The lowest BCUT2D eigenvalue weighted by Crippen LogP contribution is -2.51. The van der Waals surface area contributed by atoms with Crippen LogP contribution >= 0.6 is 0 Å². The molecule has 0 aromatic heterocycles. The lowest BCUT2D eigenvalue weighted by atomic mass is 10.0. The Labute approximate surface area is 127 Å². The van der Waals surface area contributed by atoms with Gasteiger partial charge in [-0.05, 0) is 63.4 Å². The molecule has 0 aliphatic carbocycles. The number of methoxy groups -OCH3 is 1. The van der Waals surface area contributed by atoms with Crippen LogP contribution in [0.4, 0.5) is 0 Å². The molecule has 2 rings (SSSR count). The van der Waals surface area contributed by atoms with Gasteiger partial charge in [-0.15, -0.1) is 0 Å². The van der Waals surface area contributed by atoms with Gasteiger partial charge in [0.2, 0.25) is 10.0 Å². The van der Waals surface area contributed by atoms with Crippen molar-refractivity contribution in [2.24, 2.45) is 0 Å². The van der Waals surface area contributed by atoms with E-state index >= 15 is 0 Å². The van der Waals surface area contributed by atoms with E-state index in [1.54, 1.807) is 33.1 Å². The first-order valence-electron chi connectivity index (χ1n) is 7.26. The third-order valence-electron chi connectivity index (χ3n) is 4.01. The van der Waals surface area contributed by atoms with Crippen LogP contribution in [-0.4, -0.2) is 34.2 Å². The minimum absolute atomic E-state index is 0.0651. The molecule has 2 unspecified atom stereocenters. The molecular weight excluding hydrogens is 288 g/mol.